The lowest BCUT2D eigenvalue weighted by Crippen LogP contribution is -2.42. The molecule has 0 saturated carbocycles. The zero-order valence-electron chi connectivity index (χ0n) is 12.2. The molecule has 2 rings (SSSR count). The first-order valence-corrected chi connectivity index (χ1v) is 7.40. The number of likely N-dealkylation sites (tertiary alicyclic amines) is 1. The van der Waals surface area contributed by atoms with Crippen molar-refractivity contribution in [3.05, 3.63) is 30.3 Å². The molecule has 1 aromatic rings. The van der Waals surface area contributed by atoms with E-state index >= 15 is 0 Å². The summed E-state index contributed by atoms with van der Waals surface area (Å²) in [7, 11) is 0. The largest absolute Gasteiger partial charge is 0.492 e. The summed E-state index contributed by atoms with van der Waals surface area (Å²) >= 11 is 0. The Morgan fingerprint density at radius 1 is 1.29 bits per heavy atom. The minimum Gasteiger partial charge on any atom is -0.492 e. The molecule has 0 spiro atoms. The van der Waals surface area contributed by atoms with E-state index < -0.39 is 0 Å². The van der Waals surface area contributed by atoms with Gasteiger partial charge in [-0.2, -0.15) is 0 Å². The highest BCUT2D eigenvalue weighted by Gasteiger charge is 2.19. The molecule has 1 aromatic carbocycles. The highest BCUT2D eigenvalue weighted by atomic mass is 16.5. The van der Waals surface area contributed by atoms with Gasteiger partial charge in [0, 0.05) is 5.92 Å². The summed E-state index contributed by atoms with van der Waals surface area (Å²) < 4.78 is 5.51. The molecule has 0 atom stereocenters. The van der Waals surface area contributed by atoms with Gasteiger partial charge in [0.15, 0.2) is 0 Å². The summed E-state index contributed by atoms with van der Waals surface area (Å²) in [5.41, 5.74) is 0. The molecule has 1 amide bonds. The topological polar surface area (TPSA) is 58.6 Å². The lowest BCUT2D eigenvalue weighted by molar-refractivity contribution is -0.122. The van der Waals surface area contributed by atoms with Gasteiger partial charge in [0.25, 0.3) is 0 Å². The Labute approximate surface area is 125 Å². The van der Waals surface area contributed by atoms with Gasteiger partial charge in [0.2, 0.25) is 5.91 Å². The van der Waals surface area contributed by atoms with Crippen molar-refractivity contribution in [2.24, 2.45) is 5.92 Å². The van der Waals surface area contributed by atoms with Crippen LogP contribution in [0.2, 0.25) is 0 Å². The van der Waals surface area contributed by atoms with E-state index in [4.69, 9.17) is 4.74 Å². The minimum absolute atomic E-state index is 0.0104. The highest BCUT2D eigenvalue weighted by molar-refractivity contribution is 5.78. The molecule has 5 nitrogen and oxygen atoms in total. The van der Waals surface area contributed by atoms with E-state index in [1.54, 1.807) is 0 Å². The number of piperidine rings is 1. The normalized spacial score (nSPS) is 16.4. The summed E-state index contributed by atoms with van der Waals surface area (Å²) in [5.74, 6) is 0.988. The van der Waals surface area contributed by atoms with Crippen molar-refractivity contribution in [3.63, 3.8) is 0 Å². The van der Waals surface area contributed by atoms with Crippen LogP contribution in [0.4, 0.5) is 0 Å². The van der Waals surface area contributed by atoms with Crippen LogP contribution in [-0.2, 0) is 9.59 Å². The van der Waals surface area contributed by atoms with Crippen molar-refractivity contribution < 1.29 is 14.3 Å². The van der Waals surface area contributed by atoms with E-state index in [-0.39, 0.29) is 11.8 Å². The van der Waals surface area contributed by atoms with Crippen LogP contribution in [0, 0.1) is 5.92 Å². The van der Waals surface area contributed by atoms with Crippen LogP contribution < -0.4 is 10.1 Å². The Kier molecular flexibility index (Phi) is 6.22. The molecule has 0 aliphatic carbocycles. The summed E-state index contributed by atoms with van der Waals surface area (Å²) in [6.07, 6.45) is 2.74. The van der Waals surface area contributed by atoms with Crippen LogP contribution >= 0.6 is 0 Å². The van der Waals surface area contributed by atoms with Crippen molar-refractivity contribution in [1.82, 2.24) is 10.2 Å². The Balaban J connectivity index is 1.57. The molecule has 1 saturated heterocycles. The summed E-state index contributed by atoms with van der Waals surface area (Å²) in [6.45, 7) is 2.99. The molecular weight excluding hydrogens is 268 g/mol. The van der Waals surface area contributed by atoms with E-state index in [0.29, 0.717) is 19.7 Å². The van der Waals surface area contributed by atoms with E-state index in [0.717, 1.165) is 38.0 Å². The van der Waals surface area contributed by atoms with Crippen LogP contribution in [0.5, 0.6) is 5.75 Å². The van der Waals surface area contributed by atoms with Gasteiger partial charge >= 0.3 is 0 Å². The molecule has 1 heterocycles. The van der Waals surface area contributed by atoms with Gasteiger partial charge in [-0.3, -0.25) is 9.69 Å². The zero-order chi connectivity index (χ0) is 14.9. The lowest BCUT2D eigenvalue weighted by atomic mass is 9.99. The van der Waals surface area contributed by atoms with Gasteiger partial charge in [-0.1, -0.05) is 18.2 Å². The number of carbonyl (C=O) groups is 2. The zero-order valence-corrected chi connectivity index (χ0v) is 12.2. The number of nitrogens with zero attached hydrogens (tertiary/aromatic N) is 1. The summed E-state index contributed by atoms with van der Waals surface area (Å²) in [4.78, 5) is 24.6. The molecule has 114 valence electrons. The average Bonchev–Trinajstić information content (AvgIpc) is 2.53. The van der Waals surface area contributed by atoms with Gasteiger partial charge < -0.3 is 14.8 Å². The lowest BCUT2D eigenvalue weighted by Gasteiger charge is -2.28. The van der Waals surface area contributed by atoms with Crippen molar-refractivity contribution >= 4 is 12.2 Å². The van der Waals surface area contributed by atoms with Crippen LogP contribution in [0.15, 0.2) is 30.3 Å². The van der Waals surface area contributed by atoms with Crippen molar-refractivity contribution in [3.8, 4) is 5.75 Å². The van der Waals surface area contributed by atoms with E-state index in [2.05, 4.69) is 10.2 Å². The smallest absolute Gasteiger partial charge is 0.234 e. The second-order valence-electron chi connectivity index (χ2n) is 5.26. The first-order chi connectivity index (χ1) is 10.3. The Bertz CT molecular complexity index is 442. The third kappa shape index (κ3) is 5.55. The summed E-state index contributed by atoms with van der Waals surface area (Å²) in [6, 6.07) is 9.54. The maximum absolute atomic E-state index is 11.8. The number of hydrogen-bond donors (Lipinski definition) is 1. The van der Waals surface area contributed by atoms with Crippen molar-refractivity contribution in [2.75, 3.05) is 32.8 Å². The van der Waals surface area contributed by atoms with Crippen LogP contribution in [0.25, 0.3) is 0 Å². The van der Waals surface area contributed by atoms with Crippen molar-refractivity contribution in [1.29, 1.82) is 0 Å². The van der Waals surface area contributed by atoms with Gasteiger partial charge in [-0.25, -0.2) is 0 Å². The number of nitrogens with one attached hydrogen (secondary N) is 1. The third-order valence-corrected chi connectivity index (χ3v) is 3.63. The molecule has 0 aromatic heterocycles. The van der Waals surface area contributed by atoms with Gasteiger partial charge in [-0.15, -0.1) is 0 Å². The number of para-hydroxylation sites is 1. The molecule has 21 heavy (non-hydrogen) atoms. The number of benzene rings is 1. The van der Waals surface area contributed by atoms with E-state index in [1.807, 2.05) is 30.3 Å². The quantitative estimate of drug-likeness (QED) is 0.603. The molecule has 1 N–H and O–H groups in total. The fourth-order valence-corrected chi connectivity index (χ4v) is 2.38. The maximum atomic E-state index is 11.8. The maximum Gasteiger partial charge on any atom is 0.234 e. The number of rotatable bonds is 7. The standard InChI is InChI=1S/C16H22N2O3/c19-13-14-6-9-18(10-7-14)12-16(20)17-8-11-21-15-4-2-1-3-5-15/h1-5,13-14H,6-12H2,(H,17,20). The Morgan fingerprint density at radius 3 is 2.67 bits per heavy atom. The Morgan fingerprint density at radius 2 is 2.00 bits per heavy atom. The molecule has 1 aliphatic rings. The van der Waals surface area contributed by atoms with Crippen LogP contribution in [0.3, 0.4) is 0 Å². The number of aldehydes is 1. The highest BCUT2D eigenvalue weighted by Crippen LogP contribution is 2.14. The monoisotopic (exact) mass is 290 g/mol. The fraction of sp³-hybridized carbons (Fsp3) is 0.500. The van der Waals surface area contributed by atoms with Crippen LogP contribution in [0.1, 0.15) is 12.8 Å². The van der Waals surface area contributed by atoms with E-state index in [9.17, 15) is 9.59 Å². The Hall–Kier alpha value is -1.88. The molecular formula is C16H22N2O3. The van der Waals surface area contributed by atoms with E-state index in [1.165, 1.54) is 0 Å². The first-order valence-electron chi connectivity index (χ1n) is 7.40. The third-order valence-electron chi connectivity index (χ3n) is 3.63. The summed E-state index contributed by atoms with van der Waals surface area (Å²) in [5, 5.41) is 2.85. The predicted molar refractivity (Wildman–Crippen MR) is 80.2 cm³/mol. The molecule has 0 bridgehead atoms. The number of ether oxygens (including phenoxy) is 1. The van der Waals surface area contributed by atoms with Gasteiger partial charge in [-0.05, 0) is 38.1 Å². The molecule has 0 unspecified atom stereocenters. The van der Waals surface area contributed by atoms with Crippen molar-refractivity contribution in [2.45, 2.75) is 12.8 Å². The number of amides is 1. The van der Waals surface area contributed by atoms with Gasteiger partial charge in [0.05, 0.1) is 13.1 Å². The number of hydrogen-bond acceptors (Lipinski definition) is 4. The minimum atomic E-state index is 0.0104. The molecule has 5 heteroatoms. The predicted octanol–water partition coefficient (Wildman–Crippen LogP) is 1.09. The van der Waals surface area contributed by atoms with Gasteiger partial charge in [0.1, 0.15) is 18.6 Å². The first kappa shape index (κ1) is 15.5. The fourth-order valence-electron chi connectivity index (χ4n) is 2.38. The second kappa shape index (κ2) is 8.42. The number of carbonyl (C=O) groups excluding carboxylic acids is 2. The SMILES string of the molecule is O=CC1CCN(CC(=O)NCCOc2ccccc2)CC1. The average molecular weight is 290 g/mol. The molecule has 0 radical (unpaired) electrons. The second-order valence-corrected chi connectivity index (χ2v) is 5.26. The molecule has 1 aliphatic heterocycles. The van der Waals surface area contributed by atoms with Crippen LogP contribution in [-0.4, -0.2) is 49.9 Å². The molecule has 1 fully saturated rings.